The van der Waals surface area contributed by atoms with Gasteiger partial charge in [0.05, 0.1) is 11.0 Å². The molecule has 0 aliphatic carbocycles. The van der Waals surface area contributed by atoms with Gasteiger partial charge in [0.15, 0.2) is 0 Å². The minimum absolute atomic E-state index is 0.706. The molecule has 4 aromatic rings. The summed E-state index contributed by atoms with van der Waals surface area (Å²) in [6, 6.07) is 22.1. The van der Waals surface area contributed by atoms with Gasteiger partial charge in [0.25, 0.3) is 0 Å². The fourth-order valence-corrected chi connectivity index (χ4v) is 3.42. The van der Waals surface area contributed by atoms with E-state index >= 15 is 0 Å². The molecule has 0 amide bonds. The minimum atomic E-state index is -0.958. The molecule has 3 aromatic carbocycles. The molecule has 3 nitrogen and oxygen atoms in total. The van der Waals surface area contributed by atoms with Crippen LogP contribution in [0.15, 0.2) is 66.7 Å². The third-order valence-corrected chi connectivity index (χ3v) is 4.34. The normalized spacial score (nSPS) is 13.0. The van der Waals surface area contributed by atoms with Crippen molar-refractivity contribution in [3.05, 3.63) is 66.7 Å². The Morgan fingerprint density at radius 1 is 0.818 bits per heavy atom. The van der Waals surface area contributed by atoms with Gasteiger partial charge in [0.2, 0.25) is 0 Å². The molecule has 0 fully saturated rings. The van der Waals surface area contributed by atoms with E-state index in [0.29, 0.717) is 5.75 Å². The molecule has 1 N–H and O–H groups in total. The molecule has 0 atom stereocenters. The molecular weight excluding hydrogens is 273 g/mol. The van der Waals surface area contributed by atoms with Gasteiger partial charge in [-0.05, 0) is 18.2 Å². The molecule has 0 spiro atoms. The van der Waals surface area contributed by atoms with Gasteiger partial charge in [-0.3, -0.25) is 0 Å². The fraction of sp³-hybridized carbons (Fsp3) is 0. The van der Waals surface area contributed by atoms with Crippen LogP contribution in [0.25, 0.3) is 27.5 Å². The first-order valence-corrected chi connectivity index (χ1v) is 7.31. The van der Waals surface area contributed by atoms with Crippen molar-refractivity contribution in [1.82, 2.24) is 4.57 Å². The monoisotopic (exact) mass is 285 g/mol. The molecule has 104 valence electrons. The Morgan fingerprint density at radius 3 is 2.55 bits per heavy atom. The van der Waals surface area contributed by atoms with Crippen molar-refractivity contribution in [3.8, 4) is 11.4 Å². The summed E-state index contributed by atoms with van der Waals surface area (Å²) in [7, 11) is -0.958. The standard InChI is InChI=1S/C18H12BNO2/c21-19-14-8-2-4-10-16(14)20-15-9-3-1-6-12(15)13-7-5-11-17(22-19)18(13)20/h1-11,21H. The lowest BCUT2D eigenvalue weighted by Crippen LogP contribution is -2.37. The number of rotatable bonds is 0. The van der Waals surface area contributed by atoms with Crippen LogP contribution >= 0.6 is 0 Å². The molecular formula is C18H12BNO2. The van der Waals surface area contributed by atoms with Crippen molar-refractivity contribution < 1.29 is 9.68 Å². The third kappa shape index (κ3) is 1.40. The van der Waals surface area contributed by atoms with Crippen LogP contribution in [0.3, 0.4) is 0 Å². The van der Waals surface area contributed by atoms with Crippen LogP contribution in [0, 0.1) is 0 Å². The van der Waals surface area contributed by atoms with E-state index in [2.05, 4.69) is 22.8 Å². The van der Waals surface area contributed by atoms with E-state index in [4.69, 9.17) is 4.65 Å². The first kappa shape index (κ1) is 11.9. The van der Waals surface area contributed by atoms with Crippen molar-refractivity contribution in [1.29, 1.82) is 0 Å². The number of hydrogen-bond donors (Lipinski definition) is 1. The van der Waals surface area contributed by atoms with Crippen LogP contribution in [-0.2, 0) is 0 Å². The van der Waals surface area contributed by atoms with Crippen LogP contribution in [0.5, 0.6) is 5.75 Å². The Morgan fingerprint density at radius 2 is 1.59 bits per heavy atom. The Kier molecular flexibility index (Phi) is 2.24. The number of para-hydroxylation sites is 3. The average Bonchev–Trinajstić information content (AvgIpc) is 2.83. The lowest BCUT2D eigenvalue weighted by Gasteiger charge is -2.10. The maximum absolute atomic E-state index is 10.4. The largest absolute Gasteiger partial charge is 0.562 e. The van der Waals surface area contributed by atoms with Gasteiger partial charge in [0, 0.05) is 21.9 Å². The van der Waals surface area contributed by atoms with Gasteiger partial charge >= 0.3 is 7.12 Å². The van der Waals surface area contributed by atoms with Crippen LogP contribution in [0.4, 0.5) is 0 Å². The molecule has 22 heavy (non-hydrogen) atoms. The predicted molar refractivity (Wildman–Crippen MR) is 89.0 cm³/mol. The molecule has 0 saturated heterocycles. The highest BCUT2D eigenvalue weighted by molar-refractivity contribution is 6.62. The zero-order valence-electron chi connectivity index (χ0n) is 11.7. The Balaban J connectivity index is 2.08. The van der Waals surface area contributed by atoms with Crippen LogP contribution < -0.4 is 10.1 Å². The summed E-state index contributed by atoms with van der Waals surface area (Å²) >= 11 is 0. The second-order valence-electron chi connectivity index (χ2n) is 5.53. The summed E-state index contributed by atoms with van der Waals surface area (Å²) in [5.41, 5.74) is 3.87. The molecule has 1 aliphatic heterocycles. The van der Waals surface area contributed by atoms with Gasteiger partial charge in [0.1, 0.15) is 5.75 Å². The smallest absolute Gasteiger partial charge is 0.531 e. The number of nitrogens with zero attached hydrogens (tertiary/aromatic N) is 1. The lowest BCUT2D eigenvalue weighted by molar-refractivity contribution is 0.436. The molecule has 0 bridgehead atoms. The molecule has 1 aromatic heterocycles. The first-order valence-electron chi connectivity index (χ1n) is 7.31. The van der Waals surface area contributed by atoms with E-state index in [9.17, 15) is 5.02 Å². The third-order valence-electron chi connectivity index (χ3n) is 4.34. The quantitative estimate of drug-likeness (QED) is 0.504. The molecule has 5 rings (SSSR count). The summed E-state index contributed by atoms with van der Waals surface area (Å²) in [5.74, 6) is 0.706. The van der Waals surface area contributed by atoms with E-state index in [1.807, 2.05) is 48.5 Å². The summed E-state index contributed by atoms with van der Waals surface area (Å²) in [6.07, 6.45) is 0. The van der Waals surface area contributed by atoms with Crippen molar-refractivity contribution in [2.75, 3.05) is 0 Å². The number of hydrogen-bond acceptors (Lipinski definition) is 2. The maximum atomic E-state index is 10.4. The fourth-order valence-electron chi connectivity index (χ4n) is 3.42. The van der Waals surface area contributed by atoms with Gasteiger partial charge in [-0.1, -0.05) is 48.5 Å². The molecule has 0 saturated carbocycles. The summed E-state index contributed by atoms with van der Waals surface area (Å²) in [6.45, 7) is 0. The first-order chi connectivity index (χ1) is 10.8. The maximum Gasteiger partial charge on any atom is 0.562 e. The number of benzene rings is 3. The second kappa shape index (κ2) is 4.15. The van der Waals surface area contributed by atoms with Crippen LogP contribution in [0.1, 0.15) is 0 Å². The molecule has 4 heteroatoms. The number of fused-ring (bicyclic) bond motifs is 5. The molecule has 0 unspecified atom stereocenters. The zero-order valence-corrected chi connectivity index (χ0v) is 11.7. The molecule has 0 radical (unpaired) electrons. The van der Waals surface area contributed by atoms with Crippen molar-refractivity contribution in [2.45, 2.75) is 0 Å². The Hall–Kier alpha value is -2.72. The SMILES string of the molecule is OB1Oc2cccc3c4ccccc4n(c23)-c2ccccc21. The topological polar surface area (TPSA) is 34.4 Å². The van der Waals surface area contributed by atoms with Crippen LogP contribution in [0.2, 0.25) is 0 Å². The van der Waals surface area contributed by atoms with E-state index < -0.39 is 7.12 Å². The van der Waals surface area contributed by atoms with Crippen LogP contribution in [-0.4, -0.2) is 16.7 Å². The van der Waals surface area contributed by atoms with Gasteiger partial charge in [-0.2, -0.15) is 0 Å². The Bertz CT molecular complexity index is 1040. The lowest BCUT2D eigenvalue weighted by atomic mass is 9.78. The molecule has 2 heterocycles. The van der Waals surface area contributed by atoms with E-state index in [0.717, 1.165) is 27.6 Å². The van der Waals surface area contributed by atoms with Crippen molar-refractivity contribution >= 4 is 34.4 Å². The number of aromatic nitrogens is 1. The van der Waals surface area contributed by atoms with E-state index in [1.165, 1.54) is 5.39 Å². The summed E-state index contributed by atoms with van der Waals surface area (Å²) < 4.78 is 8.01. The molecule has 1 aliphatic rings. The van der Waals surface area contributed by atoms with Gasteiger partial charge in [-0.15, -0.1) is 0 Å². The van der Waals surface area contributed by atoms with Gasteiger partial charge < -0.3 is 14.2 Å². The van der Waals surface area contributed by atoms with E-state index in [1.54, 1.807) is 0 Å². The summed E-state index contributed by atoms with van der Waals surface area (Å²) in [4.78, 5) is 0. The average molecular weight is 285 g/mol. The highest BCUT2D eigenvalue weighted by Crippen LogP contribution is 2.38. The predicted octanol–water partition coefficient (Wildman–Crippen LogP) is 2.86. The second-order valence-corrected chi connectivity index (χ2v) is 5.53. The van der Waals surface area contributed by atoms with E-state index in [-0.39, 0.29) is 0 Å². The summed E-state index contributed by atoms with van der Waals surface area (Å²) in [5, 5.41) is 12.7. The van der Waals surface area contributed by atoms with Gasteiger partial charge in [-0.25, -0.2) is 0 Å². The highest BCUT2D eigenvalue weighted by atomic mass is 16.5. The van der Waals surface area contributed by atoms with Crippen molar-refractivity contribution in [2.24, 2.45) is 0 Å². The zero-order chi connectivity index (χ0) is 14.7. The minimum Gasteiger partial charge on any atom is -0.531 e. The highest BCUT2D eigenvalue weighted by Gasteiger charge is 2.29. The van der Waals surface area contributed by atoms with Crippen molar-refractivity contribution in [3.63, 3.8) is 0 Å². The Labute approximate surface area is 127 Å².